The fourth-order valence-corrected chi connectivity index (χ4v) is 2.97. The minimum absolute atomic E-state index is 0.894. The molecular weight excluding hydrogens is 172 g/mol. The van der Waals surface area contributed by atoms with Gasteiger partial charge in [-0.15, -0.1) is 0 Å². The van der Waals surface area contributed by atoms with E-state index in [-0.39, 0.29) is 0 Å². The molecule has 0 spiro atoms. The van der Waals surface area contributed by atoms with E-state index in [1.54, 1.807) is 0 Å². The van der Waals surface area contributed by atoms with Crippen LogP contribution in [0.15, 0.2) is 0 Å². The van der Waals surface area contributed by atoms with Crippen LogP contribution in [-0.2, 0) is 0 Å². The highest BCUT2D eigenvalue weighted by molar-refractivity contribution is 8.08. The molecule has 1 rings (SSSR count). The van der Waals surface area contributed by atoms with E-state index in [9.17, 15) is 0 Å². The molecule has 0 radical (unpaired) electrons. The summed E-state index contributed by atoms with van der Waals surface area (Å²) in [5.74, 6) is 5.11. The molecule has 1 heterocycles. The van der Waals surface area contributed by atoms with Crippen molar-refractivity contribution in [3.05, 3.63) is 0 Å². The largest absolute Gasteiger partial charge is 0.161 e. The molecule has 1 aliphatic rings. The summed E-state index contributed by atoms with van der Waals surface area (Å²) in [4.78, 5) is 0. The Bertz CT molecular complexity index is 93.7. The lowest BCUT2D eigenvalue weighted by Gasteiger charge is -2.02. The van der Waals surface area contributed by atoms with Crippen molar-refractivity contribution in [3.8, 4) is 0 Å². The summed E-state index contributed by atoms with van der Waals surface area (Å²) in [6.45, 7) is 4.61. The molecule has 0 aromatic rings. The summed E-state index contributed by atoms with van der Waals surface area (Å²) in [7, 11) is 0. The Morgan fingerprint density at radius 1 is 1.55 bits per heavy atom. The molecular formula is C9H18S2. The van der Waals surface area contributed by atoms with Gasteiger partial charge in [0, 0.05) is 16.8 Å². The standard InChI is InChI=1S/C9H18S2/c1-8(2)4-3-5-10-6-9-7-11-9/h8-9H,3-7H2,1-2H3. The Balaban J connectivity index is 1.73. The molecule has 0 aromatic carbocycles. The van der Waals surface area contributed by atoms with Gasteiger partial charge in [-0.3, -0.25) is 0 Å². The third-order valence-corrected chi connectivity index (χ3v) is 4.17. The Kier molecular flexibility index (Phi) is 4.77. The van der Waals surface area contributed by atoms with Gasteiger partial charge in [-0.05, 0) is 18.1 Å². The van der Waals surface area contributed by atoms with E-state index in [4.69, 9.17) is 0 Å². The van der Waals surface area contributed by atoms with Crippen LogP contribution in [0.1, 0.15) is 26.7 Å². The summed E-state index contributed by atoms with van der Waals surface area (Å²) in [6.07, 6.45) is 2.82. The average molecular weight is 190 g/mol. The molecule has 0 amide bonds. The average Bonchev–Trinajstić information content (AvgIpc) is 2.70. The Morgan fingerprint density at radius 3 is 2.82 bits per heavy atom. The SMILES string of the molecule is CC(C)CCCSCC1CS1. The molecule has 1 atom stereocenters. The van der Waals surface area contributed by atoms with Crippen molar-refractivity contribution in [2.24, 2.45) is 5.92 Å². The first-order valence-corrected chi connectivity index (χ1v) is 6.68. The van der Waals surface area contributed by atoms with Crippen LogP contribution < -0.4 is 0 Å². The molecule has 0 bridgehead atoms. The molecule has 0 aliphatic carbocycles. The first-order valence-electron chi connectivity index (χ1n) is 4.48. The van der Waals surface area contributed by atoms with Gasteiger partial charge in [-0.2, -0.15) is 23.5 Å². The summed E-state index contributed by atoms with van der Waals surface area (Å²) in [5, 5.41) is 1.03. The molecule has 0 saturated carbocycles. The Labute approximate surface area is 78.9 Å². The third-order valence-electron chi connectivity index (χ3n) is 1.78. The molecule has 1 saturated heterocycles. The van der Waals surface area contributed by atoms with Gasteiger partial charge in [0.15, 0.2) is 0 Å². The van der Waals surface area contributed by atoms with Crippen LogP contribution in [0.5, 0.6) is 0 Å². The molecule has 0 aromatic heterocycles. The maximum atomic E-state index is 2.31. The van der Waals surface area contributed by atoms with E-state index in [1.165, 1.54) is 30.1 Å². The highest BCUT2D eigenvalue weighted by atomic mass is 32.2. The predicted octanol–water partition coefficient (Wildman–Crippen LogP) is 3.27. The van der Waals surface area contributed by atoms with Crippen molar-refractivity contribution >= 4 is 23.5 Å². The van der Waals surface area contributed by atoms with Crippen molar-refractivity contribution in [1.29, 1.82) is 0 Å². The zero-order valence-electron chi connectivity index (χ0n) is 7.51. The third kappa shape index (κ3) is 5.92. The van der Waals surface area contributed by atoms with Gasteiger partial charge >= 0.3 is 0 Å². The van der Waals surface area contributed by atoms with Crippen molar-refractivity contribution in [2.45, 2.75) is 31.9 Å². The monoisotopic (exact) mass is 190 g/mol. The van der Waals surface area contributed by atoms with Crippen molar-refractivity contribution < 1.29 is 0 Å². The second-order valence-electron chi connectivity index (χ2n) is 3.57. The van der Waals surface area contributed by atoms with E-state index >= 15 is 0 Å². The molecule has 11 heavy (non-hydrogen) atoms. The topological polar surface area (TPSA) is 0 Å². The fourth-order valence-electron chi connectivity index (χ4n) is 0.973. The Morgan fingerprint density at radius 2 is 2.27 bits per heavy atom. The van der Waals surface area contributed by atoms with Crippen LogP contribution in [-0.4, -0.2) is 22.5 Å². The van der Waals surface area contributed by atoms with Gasteiger partial charge in [0.05, 0.1) is 0 Å². The number of rotatable bonds is 6. The molecule has 1 fully saturated rings. The second-order valence-corrected chi connectivity index (χ2v) is 6.05. The van der Waals surface area contributed by atoms with Gasteiger partial charge in [0.1, 0.15) is 0 Å². The lowest BCUT2D eigenvalue weighted by Crippen LogP contribution is -1.92. The van der Waals surface area contributed by atoms with Crippen LogP contribution in [0.3, 0.4) is 0 Å². The zero-order valence-corrected chi connectivity index (χ0v) is 9.14. The molecule has 1 aliphatic heterocycles. The van der Waals surface area contributed by atoms with Gasteiger partial charge in [0.25, 0.3) is 0 Å². The highest BCUT2D eigenvalue weighted by Crippen LogP contribution is 2.33. The zero-order chi connectivity index (χ0) is 8.10. The first kappa shape index (κ1) is 9.79. The van der Waals surface area contributed by atoms with Gasteiger partial charge in [-0.25, -0.2) is 0 Å². The maximum Gasteiger partial charge on any atom is 0.0229 e. The van der Waals surface area contributed by atoms with E-state index in [0.717, 1.165) is 11.2 Å². The van der Waals surface area contributed by atoms with Crippen LogP contribution in [0.2, 0.25) is 0 Å². The second kappa shape index (κ2) is 5.36. The smallest absolute Gasteiger partial charge is 0.0229 e. The quantitative estimate of drug-likeness (QED) is 0.466. The Hall–Kier alpha value is 0.700. The van der Waals surface area contributed by atoms with Crippen LogP contribution >= 0.6 is 23.5 Å². The molecule has 2 heteroatoms. The van der Waals surface area contributed by atoms with Crippen molar-refractivity contribution in [2.75, 3.05) is 17.3 Å². The fraction of sp³-hybridized carbons (Fsp3) is 1.00. The normalized spacial score (nSPS) is 22.6. The highest BCUT2D eigenvalue weighted by Gasteiger charge is 2.21. The van der Waals surface area contributed by atoms with Crippen LogP contribution in [0, 0.1) is 5.92 Å². The summed E-state index contributed by atoms with van der Waals surface area (Å²) >= 11 is 4.26. The molecule has 0 nitrogen and oxygen atoms in total. The number of hydrogen-bond donors (Lipinski definition) is 0. The van der Waals surface area contributed by atoms with Crippen molar-refractivity contribution in [1.82, 2.24) is 0 Å². The van der Waals surface area contributed by atoms with Crippen LogP contribution in [0.25, 0.3) is 0 Å². The van der Waals surface area contributed by atoms with Gasteiger partial charge in [0.2, 0.25) is 0 Å². The molecule has 0 N–H and O–H groups in total. The predicted molar refractivity (Wildman–Crippen MR) is 57.6 cm³/mol. The van der Waals surface area contributed by atoms with E-state index < -0.39 is 0 Å². The lowest BCUT2D eigenvalue weighted by atomic mass is 10.1. The summed E-state index contributed by atoms with van der Waals surface area (Å²) < 4.78 is 0. The minimum Gasteiger partial charge on any atom is -0.161 e. The summed E-state index contributed by atoms with van der Waals surface area (Å²) in [6, 6.07) is 0. The summed E-state index contributed by atoms with van der Waals surface area (Å²) in [5.41, 5.74) is 0. The number of thioether (sulfide) groups is 2. The lowest BCUT2D eigenvalue weighted by molar-refractivity contribution is 0.579. The first-order chi connectivity index (χ1) is 5.29. The van der Waals surface area contributed by atoms with E-state index in [1.807, 2.05) is 0 Å². The van der Waals surface area contributed by atoms with Gasteiger partial charge in [-0.1, -0.05) is 20.3 Å². The van der Waals surface area contributed by atoms with E-state index in [2.05, 4.69) is 37.4 Å². The van der Waals surface area contributed by atoms with E-state index in [0.29, 0.717) is 0 Å². The van der Waals surface area contributed by atoms with Crippen molar-refractivity contribution in [3.63, 3.8) is 0 Å². The molecule has 1 unspecified atom stereocenters. The van der Waals surface area contributed by atoms with Crippen LogP contribution in [0.4, 0.5) is 0 Å². The number of hydrogen-bond acceptors (Lipinski definition) is 2. The molecule has 66 valence electrons. The maximum absolute atomic E-state index is 2.31. The van der Waals surface area contributed by atoms with Gasteiger partial charge < -0.3 is 0 Å². The minimum atomic E-state index is 0.894.